The molecule has 1 fully saturated rings. The van der Waals surface area contributed by atoms with Crippen LogP contribution in [0.1, 0.15) is 32.3 Å². The van der Waals surface area contributed by atoms with Gasteiger partial charge in [-0.3, -0.25) is 14.7 Å². The highest BCUT2D eigenvalue weighted by Gasteiger charge is 2.55. The summed E-state index contributed by atoms with van der Waals surface area (Å²) in [5.74, 6) is 0.387. The molecule has 0 saturated carbocycles. The molecule has 3 heterocycles. The Bertz CT molecular complexity index is 1100. The summed E-state index contributed by atoms with van der Waals surface area (Å²) in [6, 6.07) is 14.5. The van der Waals surface area contributed by atoms with E-state index in [2.05, 4.69) is 17.0 Å². The molecule has 3 atom stereocenters. The molecule has 0 bridgehead atoms. The summed E-state index contributed by atoms with van der Waals surface area (Å²) < 4.78 is 20.3. The Morgan fingerprint density at radius 3 is 2.63 bits per heavy atom. The standard InChI is InChI=1S/C27H33FN4O3/c1-19(33)26-27(21-7-4-3-5-8-21,11-6-12-30-13-15-31(16-14-30)20(2)34)25-18-35-24-10-9-22(28)17-23(24)32(25)29-26/h3-5,7-10,17,19,25,33H,6,11-16,18H2,1-2H3/t19-,25-,27+/m0/s1. The number of halogens is 1. The number of anilines is 1. The normalized spacial score (nSPS) is 24.9. The summed E-state index contributed by atoms with van der Waals surface area (Å²) in [7, 11) is 0. The largest absolute Gasteiger partial charge is 0.489 e. The summed E-state index contributed by atoms with van der Waals surface area (Å²) in [5, 5.41) is 17.7. The number of benzene rings is 2. The van der Waals surface area contributed by atoms with Crippen LogP contribution in [0.25, 0.3) is 0 Å². The van der Waals surface area contributed by atoms with E-state index in [1.807, 2.05) is 28.1 Å². The van der Waals surface area contributed by atoms with Crippen molar-refractivity contribution in [3.05, 3.63) is 59.9 Å². The Labute approximate surface area is 205 Å². The second kappa shape index (κ2) is 9.59. The SMILES string of the molecule is CC(=O)N1CCN(CCC[C@]2(c3ccccc3)C([C@H](C)O)=NN3c4cc(F)ccc4OC[C@H]32)CC1. The van der Waals surface area contributed by atoms with Gasteiger partial charge in [0.05, 0.1) is 17.2 Å². The lowest BCUT2D eigenvalue weighted by molar-refractivity contribution is -0.130. The average molecular weight is 481 g/mol. The minimum absolute atomic E-state index is 0.130. The van der Waals surface area contributed by atoms with Crippen molar-refractivity contribution in [2.45, 2.75) is 44.2 Å². The number of piperazine rings is 1. The molecule has 1 amide bonds. The second-order valence-corrected chi connectivity index (χ2v) is 9.73. The van der Waals surface area contributed by atoms with Gasteiger partial charge in [0.25, 0.3) is 0 Å². The van der Waals surface area contributed by atoms with Gasteiger partial charge in [0, 0.05) is 39.2 Å². The fourth-order valence-corrected chi connectivity index (χ4v) is 5.89. The van der Waals surface area contributed by atoms with Crippen LogP contribution < -0.4 is 9.75 Å². The van der Waals surface area contributed by atoms with Gasteiger partial charge in [0.2, 0.25) is 5.91 Å². The van der Waals surface area contributed by atoms with Crippen LogP contribution in [0.4, 0.5) is 10.1 Å². The van der Waals surface area contributed by atoms with Gasteiger partial charge in [-0.1, -0.05) is 30.3 Å². The van der Waals surface area contributed by atoms with E-state index in [1.54, 1.807) is 19.9 Å². The number of carbonyl (C=O) groups excluding carboxylic acids is 1. The highest BCUT2D eigenvalue weighted by Crippen LogP contribution is 2.49. The number of hydrogen-bond donors (Lipinski definition) is 1. The van der Waals surface area contributed by atoms with Crippen molar-refractivity contribution in [1.82, 2.24) is 9.80 Å². The van der Waals surface area contributed by atoms with Crippen LogP contribution in [0.15, 0.2) is 53.6 Å². The topological polar surface area (TPSA) is 68.6 Å². The molecule has 186 valence electrons. The lowest BCUT2D eigenvalue weighted by Gasteiger charge is -2.42. The molecule has 2 aromatic carbocycles. The molecule has 0 aliphatic carbocycles. The molecule has 1 N–H and O–H groups in total. The number of hydrazone groups is 1. The second-order valence-electron chi connectivity index (χ2n) is 9.73. The first-order chi connectivity index (χ1) is 16.9. The van der Waals surface area contributed by atoms with E-state index < -0.39 is 11.5 Å². The third-order valence-electron chi connectivity index (χ3n) is 7.65. The number of ether oxygens (including phenoxy) is 1. The fraction of sp³-hybridized carbons (Fsp3) is 0.481. The number of rotatable bonds is 6. The van der Waals surface area contributed by atoms with Gasteiger partial charge in [-0.25, -0.2) is 4.39 Å². The number of amides is 1. The Balaban J connectivity index is 1.44. The van der Waals surface area contributed by atoms with Gasteiger partial charge in [0.1, 0.15) is 29.9 Å². The zero-order chi connectivity index (χ0) is 24.6. The zero-order valence-electron chi connectivity index (χ0n) is 20.4. The van der Waals surface area contributed by atoms with Crippen LogP contribution >= 0.6 is 0 Å². The minimum Gasteiger partial charge on any atom is -0.489 e. The van der Waals surface area contributed by atoms with Crippen LogP contribution in [0, 0.1) is 5.82 Å². The number of fused-ring (bicyclic) bond motifs is 3. The molecular weight excluding hydrogens is 447 g/mol. The Kier molecular flexibility index (Phi) is 6.51. The zero-order valence-corrected chi connectivity index (χ0v) is 20.4. The summed E-state index contributed by atoms with van der Waals surface area (Å²) >= 11 is 0. The quantitative estimate of drug-likeness (QED) is 0.689. The summed E-state index contributed by atoms with van der Waals surface area (Å²) in [6.45, 7) is 7.90. The van der Waals surface area contributed by atoms with E-state index in [0.29, 0.717) is 23.8 Å². The molecule has 5 rings (SSSR count). The van der Waals surface area contributed by atoms with E-state index in [0.717, 1.165) is 51.1 Å². The van der Waals surface area contributed by atoms with Gasteiger partial charge < -0.3 is 14.7 Å². The summed E-state index contributed by atoms with van der Waals surface area (Å²) in [6.07, 6.45) is 0.890. The predicted octanol–water partition coefficient (Wildman–Crippen LogP) is 3.03. The van der Waals surface area contributed by atoms with Crippen LogP contribution in [0.3, 0.4) is 0 Å². The van der Waals surface area contributed by atoms with Crippen LogP contribution in [-0.2, 0) is 10.2 Å². The smallest absolute Gasteiger partial charge is 0.219 e. The number of aliphatic hydroxyl groups is 1. The first kappa shape index (κ1) is 23.8. The fourth-order valence-electron chi connectivity index (χ4n) is 5.89. The Hall–Kier alpha value is -2.97. The number of aliphatic hydroxyl groups excluding tert-OH is 1. The lowest BCUT2D eigenvalue weighted by Crippen LogP contribution is -2.54. The summed E-state index contributed by atoms with van der Waals surface area (Å²) in [5.41, 5.74) is 1.80. The van der Waals surface area contributed by atoms with Crippen molar-refractivity contribution in [2.24, 2.45) is 5.10 Å². The van der Waals surface area contributed by atoms with E-state index in [4.69, 9.17) is 9.84 Å². The van der Waals surface area contributed by atoms with Crippen molar-refractivity contribution < 1.29 is 19.0 Å². The molecular formula is C27H33FN4O3. The van der Waals surface area contributed by atoms with Gasteiger partial charge in [-0.15, -0.1) is 0 Å². The highest BCUT2D eigenvalue weighted by atomic mass is 19.1. The maximum Gasteiger partial charge on any atom is 0.219 e. The first-order valence-electron chi connectivity index (χ1n) is 12.4. The van der Waals surface area contributed by atoms with E-state index >= 15 is 0 Å². The maximum absolute atomic E-state index is 14.2. The maximum atomic E-state index is 14.2. The molecule has 0 aromatic heterocycles. The van der Waals surface area contributed by atoms with E-state index in [9.17, 15) is 14.3 Å². The number of nitrogens with zero attached hydrogens (tertiary/aromatic N) is 4. The van der Waals surface area contributed by atoms with Gasteiger partial charge in [0.15, 0.2) is 0 Å². The molecule has 8 heteroatoms. The van der Waals surface area contributed by atoms with Crippen molar-refractivity contribution in [1.29, 1.82) is 0 Å². The van der Waals surface area contributed by atoms with Gasteiger partial charge in [-0.05, 0) is 44.0 Å². The molecule has 0 unspecified atom stereocenters. The predicted molar refractivity (Wildman–Crippen MR) is 133 cm³/mol. The molecule has 35 heavy (non-hydrogen) atoms. The number of carbonyl (C=O) groups is 1. The van der Waals surface area contributed by atoms with Crippen LogP contribution in [0.5, 0.6) is 5.75 Å². The van der Waals surface area contributed by atoms with E-state index in [1.165, 1.54) is 12.1 Å². The van der Waals surface area contributed by atoms with E-state index in [-0.39, 0.29) is 17.8 Å². The number of hydrogen-bond acceptors (Lipinski definition) is 6. The Morgan fingerprint density at radius 1 is 1.20 bits per heavy atom. The minimum atomic E-state index is -0.767. The highest BCUT2D eigenvalue weighted by molar-refractivity contribution is 6.02. The Morgan fingerprint density at radius 2 is 1.94 bits per heavy atom. The molecule has 3 aliphatic heterocycles. The third-order valence-corrected chi connectivity index (χ3v) is 7.65. The molecule has 0 radical (unpaired) electrons. The molecule has 3 aliphatic rings. The first-order valence-corrected chi connectivity index (χ1v) is 12.4. The monoisotopic (exact) mass is 480 g/mol. The molecule has 1 saturated heterocycles. The van der Waals surface area contributed by atoms with Crippen molar-refractivity contribution in [3.8, 4) is 5.75 Å². The van der Waals surface area contributed by atoms with Crippen molar-refractivity contribution in [3.63, 3.8) is 0 Å². The van der Waals surface area contributed by atoms with Crippen molar-refractivity contribution in [2.75, 3.05) is 44.3 Å². The van der Waals surface area contributed by atoms with Gasteiger partial charge in [-0.2, -0.15) is 5.10 Å². The van der Waals surface area contributed by atoms with Crippen LogP contribution in [-0.4, -0.2) is 78.0 Å². The van der Waals surface area contributed by atoms with Gasteiger partial charge >= 0.3 is 0 Å². The van der Waals surface area contributed by atoms with Crippen LogP contribution in [0.2, 0.25) is 0 Å². The van der Waals surface area contributed by atoms with Crippen molar-refractivity contribution >= 4 is 17.3 Å². The molecule has 2 aromatic rings. The summed E-state index contributed by atoms with van der Waals surface area (Å²) in [4.78, 5) is 16.0. The average Bonchev–Trinajstić information content (AvgIpc) is 3.21. The third kappa shape index (κ3) is 4.29. The molecule has 0 spiro atoms. The lowest BCUT2D eigenvalue weighted by atomic mass is 9.66. The molecule has 7 nitrogen and oxygen atoms in total.